The topological polar surface area (TPSA) is 41.7 Å². The molecule has 2 heterocycles. The first kappa shape index (κ1) is 30.3. The lowest BCUT2D eigenvalue weighted by Crippen LogP contribution is -2.46. The summed E-state index contributed by atoms with van der Waals surface area (Å²) in [5, 5.41) is 3.82. The number of benzene rings is 1. The van der Waals surface area contributed by atoms with Gasteiger partial charge in [0.15, 0.2) is 0 Å². The third kappa shape index (κ3) is 13.4. The minimum atomic E-state index is 0.540. The number of hydrogen-bond donors (Lipinski definition) is 0. The van der Waals surface area contributed by atoms with Crippen molar-refractivity contribution in [2.24, 2.45) is 0 Å². The summed E-state index contributed by atoms with van der Waals surface area (Å²) in [6, 6.07) is 12.5. The Morgan fingerprint density at radius 1 is 0.833 bits per heavy atom. The average Bonchev–Trinajstić information content (AvgIpc) is 3.39. The van der Waals surface area contributed by atoms with E-state index in [1.54, 1.807) is 6.26 Å². The van der Waals surface area contributed by atoms with Crippen molar-refractivity contribution in [3.05, 3.63) is 48.4 Å². The van der Waals surface area contributed by atoms with Crippen LogP contribution in [0.5, 0.6) is 0 Å². The first-order chi connectivity index (χ1) is 14.9. The number of rotatable bonds is 7. The number of nitrogens with zero attached hydrogens (tertiary/aromatic N) is 3. The molecule has 5 nitrogen and oxygen atoms in total. The quantitative estimate of drug-likeness (QED) is 0.477. The van der Waals surface area contributed by atoms with Gasteiger partial charge in [0, 0.05) is 51.1 Å². The van der Waals surface area contributed by atoms with E-state index in [9.17, 15) is 0 Å². The molecule has 0 unspecified atom stereocenters. The Morgan fingerprint density at radius 2 is 1.43 bits per heavy atom. The SMILES string of the molecule is CC.CC.CC.CC.c1ccc(N2CCN(CCCOCc3ccon3)CC2)cc1. The van der Waals surface area contributed by atoms with E-state index in [-0.39, 0.29) is 0 Å². The van der Waals surface area contributed by atoms with E-state index in [0.717, 1.165) is 51.4 Å². The molecule has 0 radical (unpaired) electrons. The van der Waals surface area contributed by atoms with Crippen molar-refractivity contribution < 1.29 is 9.26 Å². The molecule has 2 aromatic rings. The maximum atomic E-state index is 5.60. The average molecular weight is 422 g/mol. The number of anilines is 1. The molecule has 0 N–H and O–H groups in total. The van der Waals surface area contributed by atoms with Crippen LogP contribution < -0.4 is 4.90 Å². The van der Waals surface area contributed by atoms with Gasteiger partial charge < -0.3 is 14.2 Å². The van der Waals surface area contributed by atoms with E-state index in [0.29, 0.717) is 6.61 Å². The third-order valence-corrected chi connectivity index (χ3v) is 4.00. The Hall–Kier alpha value is -1.85. The molecular weight excluding hydrogens is 374 g/mol. The second kappa shape index (κ2) is 23.4. The van der Waals surface area contributed by atoms with Gasteiger partial charge in [0.25, 0.3) is 0 Å². The molecule has 1 aliphatic heterocycles. The van der Waals surface area contributed by atoms with Gasteiger partial charge in [-0.2, -0.15) is 0 Å². The van der Waals surface area contributed by atoms with E-state index < -0.39 is 0 Å². The van der Waals surface area contributed by atoms with Crippen LogP contribution in [-0.2, 0) is 11.3 Å². The van der Waals surface area contributed by atoms with Crippen molar-refractivity contribution in [2.75, 3.05) is 44.2 Å². The molecule has 1 aromatic heterocycles. The van der Waals surface area contributed by atoms with Gasteiger partial charge >= 0.3 is 0 Å². The second-order valence-corrected chi connectivity index (χ2v) is 5.56. The molecule has 1 saturated heterocycles. The molecule has 1 aliphatic rings. The molecule has 1 aromatic carbocycles. The largest absolute Gasteiger partial charge is 0.375 e. The molecular formula is C25H47N3O2. The van der Waals surface area contributed by atoms with Crippen LogP contribution in [0.4, 0.5) is 5.69 Å². The van der Waals surface area contributed by atoms with Crippen LogP contribution in [0, 0.1) is 0 Å². The Morgan fingerprint density at radius 3 is 1.97 bits per heavy atom. The van der Waals surface area contributed by atoms with Gasteiger partial charge in [0.05, 0.1) is 6.61 Å². The zero-order chi connectivity index (χ0) is 23.0. The monoisotopic (exact) mass is 421 g/mol. The molecule has 174 valence electrons. The Kier molecular flexibility index (Phi) is 23.7. The van der Waals surface area contributed by atoms with Gasteiger partial charge in [0.1, 0.15) is 12.0 Å². The Balaban J connectivity index is 0. The molecule has 0 saturated carbocycles. The highest BCUT2D eigenvalue weighted by molar-refractivity contribution is 5.46. The number of ether oxygens (including phenoxy) is 1. The minimum absolute atomic E-state index is 0.540. The van der Waals surface area contributed by atoms with E-state index in [2.05, 4.69) is 45.3 Å². The van der Waals surface area contributed by atoms with Crippen molar-refractivity contribution in [3.63, 3.8) is 0 Å². The van der Waals surface area contributed by atoms with Crippen molar-refractivity contribution in [1.29, 1.82) is 0 Å². The lowest BCUT2D eigenvalue weighted by Gasteiger charge is -2.36. The maximum Gasteiger partial charge on any atom is 0.124 e. The molecule has 0 bridgehead atoms. The van der Waals surface area contributed by atoms with E-state index in [4.69, 9.17) is 9.26 Å². The molecule has 1 fully saturated rings. The summed E-state index contributed by atoms with van der Waals surface area (Å²) in [5.74, 6) is 0. The number of piperazine rings is 1. The smallest absolute Gasteiger partial charge is 0.124 e. The summed E-state index contributed by atoms with van der Waals surface area (Å²) in [4.78, 5) is 4.97. The predicted molar refractivity (Wildman–Crippen MR) is 131 cm³/mol. The number of hydrogen-bond acceptors (Lipinski definition) is 5. The lowest BCUT2D eigenvalue weighted by atomic mass is 10.2. The van der Waals surface area contributed by atoms with Crippen LogP contribution >= 0.6 is 0 Å². The fraction of sp³-hybridized carbons (Fsp3) is 0.640. The Labute approximate surface area is 186 Å². The molecule has 30 heavy (non-hydrogen) atoms. The zero-order valence-electron chi connectivity index (χ0n) is 20.9. The van der Waals surface area contributed by atoms with Crippen LogP contribution in [0.1, 0.15) is 67.5 Å². The van der Waals surface area contributed by atoms with Gasteiger partial charge in [-0.3, -0.25) is 4.90 Å². The van der Waals surface area contributed by atoms with Gasteiger partial charge in [0.2, 0.25) is 0 Å². The van der Waals surface area contributed by atoms with Crippen molar-refractivity contribution in [3.8, 4) is 0 Å². The second-order valence-electron chi connectivity index (χ2n) is 5.56. The highest BCUT2D eigenvalue weighted by Crippen LogP contribution is 2.15. The number of aromatic nitrogens is 1. The summed E-state index contributed by atoms with van der Waals surface area (Å²) < 4.78 is 10.4. The number of para-hydroxylation sites is 1. The van der Waals surface area contributed by atoms with E-state index >= 15 is 0 Å². The highest BCUT2D eigenvalue weighted by Gasteiger charge is 2.16. The summed E-state index contributed by atoms with van der Waals surface area (Å²) in [6.45, 7) is 22.9. The van der Waals surface area contributed by atoms with Crippen LogP contribution in [0.3, 0.4) is 0 Å². The molecule has 0 atom stereocenters. The zero-order valence-corrected chi connectivity index (χ0v) is 20.9. The predicted octanol–water partition coefficient (Wildman–Crippen LogP) is 6.51. The standard InChI is InChI=1S/C17H23N3O2.4C2H6/c1-2-5-17(6-3-1)20-11-9-19(10-12-20)8-4-13-21-15-16-7-14-22-18-16;4*1-2/h1-3,5-7,14H,4,8-13,15H2;4*1-2H3. The van der Waals surface area contributed by atoms with Crippen molar-refractivity contribution in [2.45, 2.75) is 68.4 Å². The van der Waals surface area contributed by atoms with Crippen molar-refractivity contribution in [1.82, 2.24) is 10.1 Å². The molecule has 0 amide bonds. The normalized spacial score (nSPS) is 12.6. The van der Waals surface area contributed by atoms with Gasteiger partial charge in [-0.1, -0.05) is 78.7 Å². The molecule has 3 rings (SSSR count). The maximum absolute atomic E-state index is 5.60. The summed E-state index contributed by atoms with van der Waals surface area (Å²) >= 11 is 0. The van der Waals surface area contributed by atoms with Crippen LogP contribution in [0.25, 0.3) is 0 Å². The summed E-state index contributed by atoms with van der Waals surface area (Å²) in [6.07, 6.45) is 2.63. The summed E-state index contributed by atoms with van der Waals surface area (Å²) in [7, 11) is 0. The highest BCUT2D eigenvalue weighted by atomic mass is 16.5. The van der Waals surface area contributed by atoms with Crippen LogP contribution in [-0.4, -0.2) is 49.4 Å². The Bertz CT molecular complexity index is 525. The van der Waals surface area contributed by atoms with Gasteiger partial charge in [-0.15, -0.1) is 0 Å². The first-order valence-electron chi connectivity index (χ1n) is 11.9. The molecule has 0 spiro atoms. The van der Waals surface area contributed by atoms with Gasteiger partial charge in [-0.25, -0.2) is 0 Å². The fourth-order valence-corrected chi connectivity index (χ4v) is 2.75. The molecule has 0 aliphatic carbocycles. The summed E-state index contributed by atoms with van der Waals surface area (Å²) in [5.41, 5.74) is 2.19. The lowest BCUT2D eigenvalue weighted by molar-refractivity contribution is 0.103. The first-order valence-corrected chi connectivity index (χ1v) is 11.9. The van der Waals surface area contributed by atoms with E-state index in [1.165, 1.54) is 5.69 Å². The van der Waals surface area contributed by atoms with E-state index in [1.807, 2.05) is 61.5 Å². The van der Waals surface area contributed by atoms with Crippen molar-refractivity contribution >= 4 is 5.69 Å². The van der Waals surface area contributed by atoms with Gasteiger partial charge in [-0.05, 0) is 18.6 Å². The fourth-order valence-electron chi connectivity index (χ4n) is 2.75. The van der Waals surface area contributed by atoms with Crippen LogP contribution in [0.15, 0.2) is 47.2 Å². The minimum Gasteiger partial charge on any atom is -0.375 e. The molecule has 5 heteroatoms. The third-order valence-electron chi connectivity index (χ3n) is 4.00. The van der Waals surface area contributed by atoms with Crippen LogP contribution in [0.2, 0.25) is 0 Å².